The van der Waals surface area contributed by atoms with Crippen molar-refractivity contribution in [3.63, 3.8) is 0 Å². The van der Waals surface area contributed by atoms with Gasteiger partial charge >= 0.3 is 0 Å². The predicted octanol–water partition coefficient (Wildman–Crippen LogP) is 2.89. The zero-order chi connectivity index (χ0) is 14.4. The van der Waals surface area contributed by atoms with Gasteiger partial charge in [-0.05, 0) is 43.8 Å². The summed E-state index contributed by atoms with van der Waals surface area (Å²) in [4.78, 5) is 11.9. The lowest BCUT2D eigenvalue weighted by molar-refractivity contribution is -0.122. The summed E-state index contributed by atoms with van der Waals surface area (Å²) in [5, 5.41) is 6.15. The topological polar surface area (TPSA) is 41.1 Å². The van der Waals surface area contributed by atoms with Crippen LogP contribution in [0.4, 0.5) is 4.39 Å². The molecule has 1 heterocycles. The van der Waals surface area contributed by atoms with E-state index in [1.54, 1.807) is 18.2 Å². The second kappa shape index (κ2) is 9.00. The number of nitrogens with one attached hydrogen (secondary N) is 2. The van der Waals surface area contributed by atoms with Crippen molar-refractivity contribution in [2.75, 3.05) is 13.1 Å². The molecule has 1 aromatic rings. The van der Waals surface area contributed by atoms with Crippen LogP contribution in [0.2, 0.25) is 0 Å². The van der Waals surface area contributed by atoms with Crippen molar-refractivity contribution >= 4 is 18.3 Å². The van der Waals surface area contributed by atoms with Crippen LogP contribution in [0.1, 0.15) is 31.7 Å². The van der Waals surface area contributed by atoms with Crippen LogP contribution in [-0.2, 0) is 11.3 Å². The molecule has 0 aromatic heterocycles. The second-order valence-corrected chi connectivity index (χ2v) is 5.64. The minimum atomic E-state index is -0.265. The Morgan fingerprint density at radius 1 is 1.38 bits per heavy atom. The molecule has 2 N–H and O–H groups in total. The van der Waals surface area contributed by atoms with Crippen molar-refractivity contribution in [2.45, 2.75) is 32.7 Å². The van der Waals surface area contributed by atoms with Gasteiger partial charge in [0.25, 0.3) is 0 Å². The van der Waals surface area contributed by atoms with Crippen LogP contribution in [0.25, 0.3) is 0 Å². The van der Waals surface area contributed by atoms with Gasteiger partial charge in [-0.3, -0.25) is 4.79 Å². The third-order valence-corrected chi connectivity index (χ3v) is 4.13. The lowest BCUT2D eigenvalue weighted by Crippen LogP contribution is -2.33. The SMILES string of the molecule is CC(CC(=O)NCc1ccccc1F)C1CCNCC1.Cl. The molecule has 1 fully saturated rings. The van der Waals surface area contributed by atoms with E-state index in [1.807, 2.05) is 0 Å². The average Bonchev–Trinajstić information content (AvgIpc) is 2.47. The molecule has 1 saturated heterocycles. The first-order valence-electron chi connectivity index (χ1n) is 7.37. The molecule has 118 valence electrons. The fraction of sp³-hybridized carbons (Fsp3) is 0.562. The highest BCUT2D eigenvalue weighted by Crippen LogP contribution is 2.24. The Bertz CT molecular complexity index is 450. The Balaban J connectivity index is 0.00000220. The molecular weight excluding hydrogens is 291 g/mol. The molecule has 1 aliphatic heterocycles. The maximum absolute atomic E-state index is 13.4. The highest BCUT2D eigenvalue weighted by atomic mass is 35.5. The number of amides is 1. The standard InChI is InChI=1S/C16H23FN2O.ClH/c1-12(13-6-8-18-9-7-13)10-16(20)19-11-14-4-2-3-5-15(14)17;/h2-5,12-13,18H,6-11H2,1H3,(H,19,20);1H. The van der Waals surface area contributed by atoms with E-state index < -0.39 is 0 Å². The first kappa shape index (κ1) is 17.9. The van der Waals surface area contributed by atoms with E-state index in [0.717, 1.165) is 25.9 Å². The van der Waals surface area contributed by atoms with Crippen molar-refractivity contribution in [2.24, 2.45) is 11.8 Å². The molecule has 2 rings (SSSR count). The van der Waals surface area contributed by atoms with E-state index in [1.165, 1.54) is 6.07 Å². The maximum atomic E-state index is 13.4. The summed E-state index contributed by atoms with van der Waals surface area (Å²) in [5.41, 5.74) is 0.537. The van der Waals surface area contributed by atoms with Gasteiger partial charge in [0.1, 0.15) is 5.82 Å². The molecular formula is C16H24ClFN2O. The minimum absolute atomic E-state index is 0. The highest BCUT2D eigenvalue weighted by Gasteiger charge is 2.21. The molecule has 1 atom stereocenters. The Morgan fingerprint density at radius 2 is 2.05 bits per heavy atom. The predicted molar refractivity (Wildman–Crippen MR) is 84.9 cm³/mol. The van der Waals surface area contributed by atoms with E-state index in [2.05, 4.69) is 17.6 Å². The molecule has 0 aliphatic carbocycles. The molecule has 1 amide bonds. The van der Waals surface area contributed by atoms with Gasteiger partial charge in [0.15, 0.2) is 0 Å². The summed E-state index contributed by atoms with van der Waals surface area (Å²) < 4.78 is 13.4. The molecule has 1 aromatic carbocycles. The van der Waals surface area contributed by atoms with Gasteiger partial charge in [-0.2, -0.15) is 0 Å². The molecule has 21 heavy (non-hydrogen) atoms. The summed E-state index contributed by atoms with van der Waals surface area (Å²) >= 11 is 0. The number of carbonyl (C=O) groups excluding carboxylic acids is 1. The van der Waals surface area contributed by atoms with Gasteiger partial charge in [0, 0.05) is 18.5 Å². The van der Waals surface area contributed by atoms with Crippen molar-refractivity contribution in [1.82, 2.24) is 10.6 Å². The molecule has 0 radical (unpaired) electrons. The molecule has 0 saturated carbocycles. The molecule has 0 spiro atoms. The molecule has 0 bridgehead atoms. The summed E-state index contributed by atoms with van der Waals surface area (Å²) in [6.07, 6.45) is 2.81. The first-order valence-corrected chi connectivity index (χ1v) is 7.37. The Morgan fingerprint density at radius 3 is 2.71 bits per heavy atom. The highest BCUT2D eigenvalue weighted by molar-refractivity contribution is 5.85. The van der Waals surface area contributed by atoms with Crippen LogP contribution in [0, 0.1) is 17.7 Å². The molecule has 3 nitrogen and oxygen atoms in total. The number of piperidine rings is 1. The van der Waals surface area contributed by atoms with Gasteiger partial charge in [0.2, 0.25) is 5.91 Å². The van der Waals surface area contributed by atoms with Gasteiger partial charge in [0.05, 0.1) is 0 Å². The third-order valence-electron chi connectivity index (χ3n) is 4.13. The molecule has 1 aliphatic rings. The molecule has 5 heteroatoms. The number of hydrogen-bond acceptors (Lipinski definition) is 2. The minimum Gasteiger partial charge on any atom is -0.352 e. The Hall–Kier alpha value is -1.13. The van der Waals surface area contributed by atoms with E-state index in [-0.39, 0.29) is 30.7 Å². The zero-order valence-electron chi connectivity index (χ0n) is 12.4. The first-order chi connectivity index (χ1) is 9.66. The quantitative estimate of drug-likeness (QED) is 0.877. The molecule has 1 unspecified atom stereocenters. The van der Waals surface area contributed by atoms with Crippen LogP contribution in [0.3, 0.4) is 0 Å². The number of carbonyl (C=O) groups is 1. The van der Waals surface area contributed by atoms with Crippen molar-refractivity contribution in [3.8, 4) is 0 Å². The van der Waals surface area contributed by atoms with Crippen LogP contribution >= 0.6 is 12.4 Å². The summed E-state index contributed by atoms with van der Waals surface area (Å²) in [6, 6.07) is 6.55. The summed E-state index contributed by atoms with van der Waals surface area (Å²) in [6.45, 7) is 4.50. The fourth-order valence-corrected chi connectivity index (χ4v) is 2.78. The van der Waals surface area contributed by atoms with Crippen molar-refractivity contribution in [1.29, 1.82) is 0 Å². The van der Waals surface area contributed by atoms with Gasteiger partial charge in [-0.1, -0.05) is 25.1 Å². The van der Waals surface area contributed by atoms with Crippen LogP contribution in [0.5, 0.6) is 0 Å². The lowest BCUT2D eigenvalue weighted by Gasteiger charge is -2.27. The van der Waals surface area contributed by atoms with E-state index in [4.69, 9.17) is 0 Å². The zero-order valence-corrected chi connectivity index (χ0v) is 13.2. The van der Waals surface area contributed by atoms with Crippen LogP contribution in [-0.4, -0.2) is 19.0 Å². The number of benzene rings is 1. The normalized spacial score (nSPS) is 16.9. The Labute approximate surface area is 132 Å². The van der Waals surface area contributed by atoms with E-state index >= 15 is 0 Å². The largest absolute Gasteiger partial charge is 0.352 e. The second-order valence-electron chi connectivity index (χ2n) is 5.64. The Kier molecular flexibility index (Phi) is 7.68. The fourth-order valence-electron chi connectivity index (χ4n) is 2.78. The number of hydrogen-bond donors (Lipinski definition) is 2. The van der Waals surface area contributed by atoms with Crippen molar-refractivity contribution < 1.29 is 9.18 Å². The van der Waals surface area contributed by atoms with Gasteiger partial charge < -0.3 is 10.6 Å². The van der Waals surface area contributed by atoms with Crippen molar-refractivity contribution in [3.05, 3.63) is 35.6 Å². The van der Waals surface area contributed by atoms with Gasteiger partial charge in [-0.25, -0.2) is 4.39 Å². The summed E-state index contributed by atoms with van der Waals surface area (Å²) in [5.74, 6) is 0.756. The average molecular weight is 315 g/mol. The number of rotatable bonds is 5. The van der Waals surface area contributed by atoms with Gasteiger partial charge in [-0.15, -0.1) is 12.4 Å². The van der Waals surface area contributed by atoms with E-state index in [9.17, 15) is 9.18 Å². The monoisotopic (exact) mass is 314 g/mol. The third kappa shape index (κ3) is 5.64. The smallest absolute Gasteiger partial charge is 0.220 e. The number of halogens is 2. The van der Waals surface area contributed by atoms with Crippen LogP contribution < -0.4 is 10.6 Å². The summed E-state index contributed by atoms with van der Waals surface area (Å²) in [7, 11) is 0. The maximum Gasteiger partial charge on any atom is 0.220 e. The lowest BCUT2D eigenvalue weighted by atomic mass is 9.84. The van der Waals surface area contributed by atoms with Crippen LogP contribution in [0.15, 0.2) is 24.3 Å². The van der Waals surface area contributed by atoms with E-state index in [0.29, 0.717) is 23.8 Å².